The molecule has 20 heavy (non-hydrogen) atoms. The first kappa shape index (κ1) is 18.6. The number of anilines is 1. The monoisotopic (exact) mass is 336 g/mol. The molecular weight excluding hydrogens is 328 g/mol. The predicted octanol–water partition coefficient (Wildman–Crippen LogP) is 2.58. The molecule has 0 aliphatic rings. The van der Waals surface area contributed by atoms with E-state index in [2.05, 4.69) is 4.37 Å². The van der Waals surface area contributed by atoms with Gasteiger partial charge in [0.15, 0.2) is 0 Å². The van der Waals surface area contributed by atoms with Gasteiger partial charge >= 0.3 is 12.1 Å². The van der Waals surface area contributed by atoms with Crippen LogP contribution in [0.4, 0.5) is 23.2 Å². The van der Waals surface area contributed by atoms with Gasteiger partial charge in [0.05, 0.1) is 11.4 Å². The highest BCUT2D eigenvalue weighted by molar-refractivity contribution is 7.04. The molecule has 114 valence electrons. The standard InChI is InChI=1S/C7H8ClFN2OS.C2HF3O2/c1-4-5(3-13-10-4)11(2)7(12)6(8)9;3-2(4,5)1(6)7/h3,6H,1-2H3;(H,6,7). The number of carbonyl (C=O) groups excluding carboxylic acids is 1. The van der Waals surface area contributed by atoms with Gasteiger partial charge in [-0.05, 0) is 18.5 Å². The Hall–Kier alpha value is -1.42. The SMILES string of the molecule is Cc1nscc1N(C)C(=O)C(F)Cl.O=C(O)C(F)(F)F. The fraction of sp³-hybridized carbons (Fsp3) is 0.444. The van der Waals surface area contributed by atoms with Crippen molar-refractivity contribution in [1.29, 1.82) is 0 Å². The minimum Gasteiger partial charge on any atom is -0.475 e. The van der Waals surface area contributed by atoms with Crippen molar-refractivity contribution in [3.8, 4) is 0 Å². The molecular formula is C9H9ClF4N2O3S. The molecule has 1 N–H and O–H groups in total. The normalized spacial score (nSPS) is 12.2. The number of aromatic nitrogens is 1. The first-order valence-corrected chi connectivity index (χ1v) is 6.02. The number of hydrogen-bond acceptors (Lipinski definition) is 4. The van der Waals surface area contributed by atoms with E-state index in [1.807, 2.05) is 0 Å². The molecule has 1 aromatic rings. The molecule has 0 saturated heterocycles. The number of aryl methyl sites for hydroxylation is 1. The number of hydrogen-bond donors (Lipinski definition) is 1. The van der Waals surface area contributed by atoms with Crippen LogP contribution in [0.2, 0.25) is 0 Å². The third-order valence-electron chi connectivity index (χ3n) is 1.85. The van der Waals surface area contributed by atoms with Crippen LogP contribution in [-0.4, -0.2) is 40.2 Å². The van der Waals surface area contributed by atoms with Gasteiger partial charge in [-0.25, -0.2) is 9.18 Å². The summed E-state index contributed by atoms with van der Waals surface area (Å²) in [6.45, 7) is 1.75. The van der Waals surface area contributed by atoms with Crippen LogP contribution in [0.25, 0.3) is 0 Å². The third kappa shape index (κ3) is 5.70. The highest BCUT2D eigenvalue weighted by atomic mass is 35.5. The molecule has 11 heteroatoms. The third-order valence-corrected chi connectivity index (χ3v) is 2.74. The van der Waals surface area contributed by atoms with Crippen LogP contribution in [0, 0.1) is 6.92 Å². The summed E-state index contributed by atoms with van der Waals surface area (Å²) in [5.74, 6) is -3.53. The summed E-state index contributed by atoms with van der Waals surface area (Å²) in [5.41, 5.74) is -0.708. The van der Waals surface area contributed by atoms with Crippen molar-refractivity contribution in [2.45, 2.75) is 18.7 Å². The molecule has 0 fully saturated rings. The zero-order valence-corrected chi connectivity index (χ0v) is 11.7. The molecule has 0 bridgehead atoms. The van der Waals surface area contributed by atoms with Gasteiger partial charge in [-0.1, -0.05) is 11.6 Å². The van der Waals surface area contributed by atoms with Gasteiger partial charge in [0.1, 0.15) is 0 Å². The maximum absolute atomic E-state index is 12.4. The minimum atomic E-state index is -5.08. The van der Waals surface area contributed by atoms with E-state index in [-0.39, 0.29) is 0 Å². The lowest BCUT2D eigenvalue weighted by Gasteiger charge is -2.15. The molecule has 1 unspecified atom stereocenters. The van der Waals surface area contributed by atoms with Crippen molar-refractivity contribution in [2.24, 2.45) is 0 Å². The summed E-state index contributed by atoms with van der Waals surface area (Å²) in [7, 11) is 1.47. The quantitative estimate of drug-likeness (QED) is 0.665. The fourth-order valence-electron chi connectivity index (χ4n) is 0.874. The molecule has 0 saturated carbocycles. The first-order chi connectivity index (χ1) is 8.98. The number of rotatable bonds is 2. The van der Waals surface area contributed by atoms with Crippen LogP contribution < -0.4 is 4.90 Å². The number of carboxylic acid groups (broad SMARTS) is 1. The Bertz CT molecular complexity index is 478. The number of nitrogens with zero attached hydrogens (tertiary/aromatic N) is 2. The van der Waals surface area contributed by atoms with Gasteiger partial charge in [0.2, 0.25) is 0 Å². The van der Waals surface area contributed by atoms with Gasteiger partial charge in [0.25, 0.3) is 11.5 Å². The molecule has 1 heterocycles. The van der Waals surface area contributed by atoms with Crippen molar-refractivity contribution in [1.82, 2.24) is 4.37 Å². The Labute approximate surface area is 119 Å². The van der Waals surface area contributed by atoms with E-state index in [0.717, 1.165) is 4.90 Å². The van der Waals surface area contributed by atoms with Crippen molar-refractivity contribution >= 4 is 40.7 Å². The van der Waals surface area contributed by atoms with Crippen molar-refractivity contribution in [3.63, 3.8) is 0 Å². The average molecular weight is 337 g/mol. The zero-order valence-electron chi connectivity index (χ0n) is 10.1. The molecule has 1 rings (SSSR count). The molecule has 5 nitrogen and oxygen atoms in total. The van der Waals surface area contributed by atoms with Crippen LogP contribution in [0.5, 0.6) is 0 Å². The van der Waals surface area contributed by atoms with Crippen LogP contribution in [0.15, 0.2) is 5.38 Å². The Morgan fingerprint density at radius 3 is 2.20 bits per heavy atom. The summed E-state index contributed by atoms with van der Waals surface area (Å²) in [4.78, 5) is 21.1. The lowest BCUT2D eigenvalue weighted by molar-refractivity contribution is -0.192. The maximum atomic E-state index is 12.4. The van der Waals surface area contributed by atoms with Crippen LogP contribution >= 0.6 is 23.1 Å². The summed E-state index contributed by atoms with van der Waals surface area (Å²) in [6.07, 6.45) is -5.08. The molecule has 1 atom stereocenters. The highest BCUT2D eigenvalue weighted by Crippen LogP contribution is 2.21. The number of halogens is 5. The van der Waals surface area contributed by atoms with Crippen molar-refractivity contribution in [3.05, 3.63) is 11.1 Å². The van der Waals surface area contributed by atoms with Gasteiger partial charge in [-0.2, -0.15) is 17.5 Å². The molecule has 1 aromatic heterocycles. The lowest BCUT2D eigenvalue weighted by atomic mass is 10.3. The number of amides is 1. The fourth-order valence-corrected chi connectivity index (χ4v) is 1.75. The zero-order chi connectivity index (χ0) is 16.1. The van der Waals surface area contributed by atoms with Crippen molar-refractivity contribution in [2.75, 3.05) is 11.9 Å². The van der Waals surface area contributed by atoms with E-state index >= 15 is 0 Å². The van der Waals surface area contributed by atoms with Crippen molar-refractivity contribution < 1.29 is 32.3 Å². The topological polar surface area (TPSA) is 70.5 Å². The van der Waals surface area contributed by atoms with E-state index in [1.165, 1.54) is 18.6 Å². The van der Waals surface area contributed by atoms with Gasteiger partial charge in [-0.15, -0.1) is 0 Å². The average Bonchev–Trinajstić information content (AvgIpc) is 2.73. The van der Waals surface area contributed by atoms with Gasteiger partial charge in [0, 0.05) is 12.4 Å². The largest absolute Gasteiger partial charge is 0.490 e. The van der Waals surface area contributed by atoms with Gasteiger partial charge in [-0.3, -0.25) is 4.79 Å². The summed E-state index contributed by atoms with van der Waals surface area (Å²) >= 11 is 6.23. The van der Waals surface area contributed by atoms with E-state index < -0.39 is 23.7 Å². The molecule has 0 aromatic carbocycles. The Balaban J connectivity index is 0.000000441. The second kappa shape index (κ2) is 7.39. The van der Waals surface area contributed by atoms with Crippen LogP contribution in [0.3, 0.4) is 0 Å². The summed E-state index contributed by atoms with van der Waals surface area (Å²) in [6, 6.07) is 0. The van der Waals surface area contributed by atoms with Gasteiger partial charge < -0.3 is 10.0 Å². The number of carbonyl (C=O) groups is 2. The number of alkyl halides is 5. The first-order valence-electron chi connectivity index (χ1n) is 4.75. The number of aliphatic carboxylic acids is 1. The van der Waals surface area contributed by atoms with E-state index in [4.69, 9.17) is 21.5 Å². The molecule has 0 aliphatic carbocycles. The highest BCUT2D eigenvalue weighted by Gasteiger charge is 2.38. The maximum Gasteiger partial charge on any atom is 0.490 e. The Kier molecular flexibility index (Phi) is 6.86. The van der Waals surface area contributed by atoms with Crippen LogP contribution in [0.1, 0.15) is 5.69 Å². The smallest absolute Gasteiger partial charge is 0.475 e. The summed E-state index contributed by atoms with van der Waals surface area (Å²) in [5, 5.41) is 8.80. The second-order valence-corrected chi connectivity index (χ2v) is 4.30. The molecule has 1 amide bonds. The molecule has 0 aliphatic heterocycles. The predicted molar refractivity (Wildman–Crippen MR) is 64.7 cm³/mol. The Morgan fingerprint density at radius 2 is 1.95 bits per heavy atom. The van der Waals surface area contributed by atoms with E-state index in [1.54, 1.807) is 12.3 Å². The second-order valence-electron chi connectivity index (χ2n) is 3.29. The van der Waals surface area contributed by atoms with E-state index in [9.17, 15) is 22.4 Å². The van der Waals surface area contributed by atoms with Crippen LogP contribution in [-0.2, 0) is 9.59 Å². The number of carboxylic acids is 1. The minimum absolute atomic E-state index is 0.596. The summed E-state index contributed by atoms with van der Waals surface area (Å²) < 4.78 is 48.1. The molecule has 0 radical (unpaired) electrons. The molecule has 0 spiro atoms. The Morgan fingerprint density at radius 1 is 1.50 bits per heavy atom. The lowest BCUT2D eigenvalue weighted by Crippen LogP contribution is -2.31. The van der Waals surface area contributed by atoms with E-state index in [0.29, 0.717) is 11.4 Å².